The van der Waals surface area contributed by atoms with E-state index in [0.717, 1.165) is 31.6 Å². The highest BCUT2D eigenvalue weighted by Gasteiger charge is 2.30. The Hall–Kier alpha value is 0.270. The first-order chi connectivity index (χ1) is 6.70. The highest BCUT2D eigenvalue weighted by molar-refractivity contribution is 7.98. The molecule has 0 heterocycles. The molecule has 0 amide bonds. The van der Waals surface area contributed by atoms with Gasteiger partial charge in [0.05, 0.1) is 5.60 Å². The summed E-state index contributed by atoms with van der Waals surface area (Å²) in [4.78, 5) is 0. The molecule has 0 spiro atoms. The van der Waals surface area contributed by atoms with E-state index >= 15 is 0 Å². The lowest BCUT2D eigenvalue weighted by molar-refractivity contribution is 0.0454. The molecule has 1 aliphatic rings. The largest absolute Gasteiger partial charge is 0.389 e. The summed E-state index contributed by atoms with van der Waals surface area (Å²) < 4.78 is 0. The quantitative estimate of drug-likeness (QED) is 0.714. The summed E-state index contributed by atoms with van der Waals surface area (Å²) in [6.45, 7) is 2.98. The normalized spacial score (nSPS) is 22.5. The number of hydrogen-bond acceptors (Lipinski definition) is 3. The molecule has 0 aromatic carbocycles. The monoisotopic (exact) mass is 217 g/mol. The van der Waals surface area contributed by atoms with Crippen molar-refractivity contribution in [1.82, 2.24) is 5.32 Å². The Bertz CT molecular complexity index is 157. The molecule has 2 nitrogen and oxygen atoms in total. The molecule has 0 aromatic heterocycles. The minimum Gasteiger partial charge on any atom is -0.389 e. The first-order valence-electron chi connectivity index (χ1n) is 5.65. The number of rotatable bonds is 6. The summed E-state index contributed by atoms with van der Waals surface area (Å²) in [5, 5.41) is 13.6. The Morgan fingerprint density at radius 2 is 2.07 bits per heavy atom. The van der Waals surface area contributed by atoms with Crippen molar-refractivity contribution in [1.29, 1.82) is 0 Å². The zero-order valence-corrected chi connectivity index (χ0v) is 10.2. The third kappa shape index (κ3) is 3.79. The molecule has 0 aliphatic heterocycles. The van der Waals surface area contributed by atoms with Crippen molar-refractivity contribution in [2.75, 3.05) is 18.6 Å². The van der Waals surface area contributed by atoms with Crippen LogP contribution in [0.2, 0.25) is 0 Å². The molecule has 1 fully saturated rings. The third-order valence-electron chi connectivity index (χ3n) is 3.11. The van der Waals surface area contributed by atoms with Crippen LogP contribution in [0.1, 0.15) is 39.0 Å². The van der Waals surface area contributed by atoms with Gasteiger partial charge in [0.15, 0.2) is 0 Å². The van der Waals surface area contributed by atoms with Crippen LogP contribution in [0.5, 0.6) is 0 Å². The molecule has 84 valence electrons. The maximum Gasteiger partial charge on any atom is 0.0771 e. The zero-order chi connectivity index (χ0) is 10.4. The van der Waals surface area contributed by atoms with Crippen molar-refractivity contribution in [2.45, 2.75) is 50.7 Å². The second kappa shape index (κ2) is 5.99. The predicted octanol–water partition coefficient (Wildman–Crippen LogP) is 2.02. The van der Waals surface area contributed by atoms with E-state index in [1.165, 1.54) is 12.8 Å². The summed E-state index contributed by atoms with van der Waals surface area (Å²) in [5.74, 6) is 1.15. The molecule has 0 aromatic rings. The molecular weight excluding hydrogens is 194 g/mol. The average molecular weight is 217 g/mol. The molecule has 0 bridgehead atoms. The lowest BCUT2D eigenvalue weighted by Crippen LogP contribution is -2.43. The van der Waals surface area contributed by atoms with Gasteiger partial charge in [0.25, 0.3) is 0 Å². The molecule has 1 aliphatic carbocycles. The maximum atomic E-state index is 10.1. The maximum absolute atomic E-state index is 10.1. The van der Waals surface area contributed by atoms with Gasteiger partial charge in [-0.1, -0.05) is 19.8 Å². The third-order valence-corrected chi connectivity index (χ3v) is 3.85. The Kier molecular flexibility index (Phi) is 5.28. The van der Waals surface area contributed by atoms with Crippen LogP contribution < -0.4 is 5.32 Å². The van der Waals surface area contributed by atoms with Crippen molar-refractivity contribution < 1.29 is 5.11 Å². The van der Waals surface area contributed by atoms with Crippen LogP contribution >= 0.6 is 11.8 Å². The molecule has 3 heteroatoms. The van der Waals surface area contributed by atoms with E-state index in [0.29, 0.717) is 6.04 Å². The summed E-state index contributed by atoms with van der Waals surface area (Å²) in [5.41, 5.74) is -0.397. The van der Waals surface area contributed by atoms with Crippen molar-refractivity contribution in [3.8, 4) is 0 Å². The zero-order valence-electron chi connectivity index (χ0n) is 9.38. The molecule has 1 rings (SSSR count). The van der Waals surface area contributed by atoms with Gasteiger partial charge in [0, 0.05) is 18.3 Å². The fourth-order valence-corrected chi connectivity index (χ4v) is 2.82. The van der Waals surface area contributed by atoms with Gasteiger partial charge >= 0.3 is 0 Å². The van der Waals surface area contributed by atoms with Crippen LogP contribution in [0.3, 0.4) is 0 Å². The number of aliphatic hydroxyl groups is 1. The first-order valence-corrected chi connectivity index (χ1v) is 7.04. The van der Waals surface area contributed by atoms with Crippen molar-refractivity contribution in [3.63, 3.8) is 0 Å². The Morgan fingerprint density at radius 3 is 2.57 bits per heavy atom. The molecule has 2 N–H and O–H groups in total. The average Bonchev–Trinajstić information content (AvgIpc) is 2.60. The first kappa shape index (κ1) is 12.3. The second-order valence-electron chi connectivity index (χ2n) is 4.37. The standard InChI is InChI=1S/C11H23NOS/c1-3-10(8-14-2)12-9-11(13)6-4-5-7-11/h10,12-13H,3-9H2,1-2H3. The summed E-state index contributed by atoms with van der Waals surface area (Å²) >= 11 is 1.87. The fourth-order valence-electron chi connectivity index (χ4n) is 2.07. The molecule has 0 saturated heterocycles. The molecule has 0 radical (unpaired) electrons. The van der Waals surface area contributed by atoms with Crippen molar-refractivity contribution in [2.24, 2.45) is 0 Å². The molecule has 1 saturated carbocycles. The van der Waals surface area contributed by atoms with E-state index in [1.54, 1.807) is 0 Å². The van der Waals surface area contributed by atoms with Crippen LogP contribution in [0.4, 0.5) is 0 Å². The van der Waals surface area contributed by atoms with Gasteiger partial charge in [-0.3, -0.25) is 0 Å². The second-order valence-corrected chi connectivity index (χ2v) is 5.28. The van der Waals surface area contributed by atoms with Gasteiger partial charge in [-0.25, -0.2) is 0 Å². The topological polar surface area (TPSA) is 32.3 Å². The SMILES string of the molecule is CCC(CSC)NCC1(O)CCCC1. The Balaban J connectivity index is 2.23. The highest BCUT2D eigenvalue weighted by Crippen LogP contribution is 2.28. The smallest absolute Gasteiger partial charge is 0.0771 e. The van der Waals surface area contributed by atoms with E-state index in [4.69, 9.17) is 0 Å². The van der Waals surface area contributed by atoms with Gasteiger partial charge in [-0.15, -0.1) is 0 Å². The minimum absolute atomic E-state index is 0.397. The lowest BCUT2D eigenvalue weighted by atomic mass is 10.0. The minimum atomic E-state index is -0.397. The fraction of sp³-hybridized carbons (Fsp3) is 1.00. The van der Waals surface area contributed by atoms with Crippen molar-refractivity contribution >= 4 is 11.8 Å². The van der Waals surface area contributed by atoms with E-state index in [-0.39, 0.29) is 0 Å². The predicted molar refractivity (Wildman–Crippen MR) is 63.9 cm³/mol. The molecular formula is C11H23NOS. The van der Waals surface area contributed by atoms with Crippen molar-refractivity contribution in [3.05, 3.63) is 0 Å². The lowest BCUT2D eigenvalue weighted by Gasteiger charge is -2.26. The van der Waals surface area contributed by atoms with Gasteiger partial charge in [0.2, 0.25) is 0 Å². The molecule has 1 atom stereocenters. The van der Waals surface area contributed by atoms with E-state index in [1.807, 2.05) is 11.8 Å². The molecule has 1 unspecified atom stereocenters. The Labute approximate surface area is 91.9 Å². The van der Waals surface area contributed by atoms with E-state index < -0.39 is 5.60 Å². The van der Waals surface area contributed by atoms with Gasteiger partial charge < -0.3 is 10.4 Å². The number of hydrogen-bond donors (Lipinski definition) is 2. The highest BCUT2D eigenvalue weighted by atomic mass is 32.2. The van der Waals surface area contributed by atoms with Crippen LogP contribution in [0.15, 0.2) is 0 Å². The van der Waals surface area contributed by atoms with Crippen LogP contribution in [-0.2, 0) is 0 Å². The van der Waals surface area contributed by atoms with Crippen LogP contribution in [-0.4, -0.2) is 35.3 Å². The van der Waals surface area contributed by atoms with E-state index in [2.05, 4.69) is 18.5 Å². The summed E-state index contributed by atoms with van der Waals surface area (Å²) in [7, 11) is 0. The number of thioether (sulfide) groups is 1. The molecule has 14 heavy (non-hydrogen) atoms. The number of nitrogens with one attached hydrogen (secondary N) is 1. The van der Waals surface area contributed by atoms with Gasteiger partial charge in [-0.2, -0.15) is 11.8 Å². The summed E-state index contributed by atoms with van der Waals surface area (Å²) in [6.07, 6.45) is 7.63. The van der Waals surface area contributed by atoms with Gasteiger partial charge in [0.1, 0.15) is 0 Å². The van der Waals surface area contributed by atoms with Crippen LogP contribution in [0, 0.1) is 0 Å². The van der Waals surface area contributed by atoms with E-state index in [9.17, 15) is 5.11 Å². The summed E-state index contributed by atoms with van der Waals surface area (Å²) in [6, 6.07) is 0.564. The van der Waals surface area contributed by atoms with Crippen LogP contribution in [0.25, 0.3) is 0 Å². The Morgan fingerprint density at radius 1 is 1.43 bits per heavy atom. The van der Waals surface area contributed by atoms with Gasteiger partial charge in [-0.05, 0) is 25.5 Å².